The van der Waals surface area contributed by atoms with Crippen LogP contribution in [0.5, 0.6) is 5.75 Å². The van der Waals surface area contributed by atoms with E-state index in [1.165, 1.54) is 0 Å². The molecule has 0 N–H and O–H groups in total. The first-order chi connectivity index (χ1) is 6.84. The summed E-state index contributed by atoms with van der Waals surface area (Å²) in [6.45, 7) is 2.79. The fraction of sp³-hybridized carbons (Fsp3) is 0.500. The Bertz CT molecular complexity index is 271. The zero-order valence-corrected chi connectivity index (χ0v) is 8.48. The average Bonchev–Trinajstić information content (AvgIpc) is 2.63. The highest BCUT2D eigenvalue weighted by Gasteiger charge is 2.21. The van der Waals surface area contributed by atoms with Crippen molar-refractivity contribution in [2.24, 2.45) is 0 Å². The highest BCUT2D eigenvalue weighted by atomic mass is 16.5. The SMILES string of the molecule is CC1CCC(COc2ccccc2)O1. The van der Waals surface area contributed by atoms with Crippen LogP contribution in [-0.2, 0) is 4.74 Å². The number of rotatable bonds is 3. The second-order valence-electron chi connectivity index (χ2n) is 3.77. The molecule has 1 aliphatic heterocycles. The van der Waals surface area contributed by atoms with Gasteiger partial charge in [-0.3, -0.25) is 0 Å². The van der Waals surface area contributed by atoms with Crippen LogP contribution in [0.15, 0.2) is 30.3 Å². The molecule has 1 heterocycles. The van der Waals surface area contributed by atoms with Gasteiger partial charge in [0, 0.05) is 0 Å². The van der Waals surface area contributed by atoms with Crippen molar-refractivity contribution in [2.75, 3.05) is 6.61 Å². The summed E-state index contributed by atoms with van der Waals surface area (Å²) in [6.07, 6.45) is 2.96. The van der Waals surface area contributed by atoms with Crippen LogP contribution in [0.25, 0.3) is 0 Å². The monoisotopic (exact) mass is 192 g/mol. The van der Waals surface area contributed by atoms with E-state index in [0.717, 1.165) is 18.6 Å². The van der Waals surface area contributed by atoms with Crippen molar-refractivity contribution in [3.63, 3.8) is 0 Å². The summed E-state index contributed by atoms with van der Waals surface area (Å²) in [6, 6.07) is 9.89. The van der Waals surface area contributed by atoms with Gasteiger partial charge in [-0.2, -0.15) is 0 Å². The van der Waals surface area contributed by atoms with Gasteiger partial charge in [-0.05, 0) is 31.9 Å². The quantitative estimate of drug-likeness (QED) is 0.733. The first-order valence-corrected chi connectivity index (χ1v) is 5.18. The molecule has 0 spiro atoms. The Balaban J connectivity index is 1.78. The molecule has 1 saturated heterocycles. The van der Waals surface area contributed by atoms with Crippen LogP contribution >= 0.6 is 0 Å². The molecule has 0 bridgehead atoms. The first kappa shape index (κ1) is 9.53. The number of hydrogen-bond donors (Lipinski definition) is 0. The van der Waals surface area contributed by atoms with E-state index in [-0.39, 0.29) is 6.10 Å². The third-order valence-corrected chi connectivity index (χ3v) is 2.50. The lowest BCUT2D eigenvalue weighted by molar-refractivity contribution is 0.0264. The predicted molar refractivity (Wildman–Crippen MR) is 55.5 cm³/mol. The molecule has 76 valence electrons. The van der Waals surface area contributed by atoms with Crippen molar-refractivity contribution >= 4 is 0 Å². The fourth-order valence-electron chi connectivity index (χ4n) is 1.71. The summed E-state index contributed by atoms with van der Waals surface area (Å²) in [5, 5.41) is 0. The van der Waals surface area contributed by atoms with Crippen LogP contribution < -0.4 is 4.74 Å². The normalized spacial score (nSPS) is 26.4. The molecule has 14 heavy (non-hydrogen) atoms. The first-order valence-electron chi connectivity index (χ1n) is 5.18. The standard InChI is InChI=1S/C12H16O2/c1-10-7-8-12(14-10)9-13-11-5-3-2-4-6-11/h2-6,10,12H,7-9H2,1H3. The lowest BCUT2D eigenvalue weighted by Gasteiger charge is -2.12. The molecule has 2 heteroatoms. The Morgan fingerprint density at radius 2 is 2.07 bits per heavy atom. The largest absolute Gasteiger partial charge is 0.491 e. The molecule has 2 atom stereocenters. The minimum atomic E-state index is 0.283. The third kappa shape index (κ3) is 2.48. The van der Waals surface area contributed by atoms with Crippen LogP contribution in [0, 0.1) is 0 Å². The van der Waals surface area contributed by atoms with Crippen LogP contribution in [0.3, 0.4) is 0 Å². The Kier molecular flexibility index (Phi) is 3.04. The molecule has 0 aliphatic carbocycles. The van der Waals surface area contributed by atoms with E-state index in [1.807, 2.05) is 30.3 Å². The van der Waals surface area contributed by atoms with Gasteiger partial charge in [0.1, 0.15) is 12.4 Å². The zero-order chi connectivity index (χ0) is 9.80. The van der Waals surface area contributed by atoms with Crippen molar-refractivity contribution in [1.82, 2.24) is 0 Å². The summed E-state index contributed by atoms with van der Waals surface area (Å²) in [5.41, 5.74) is 0. The molecule has 2 unspecified atom stereocenters. The van der Waals surface area contributed by atoms with Crippen LogP contribution in [0.2, 0.25) is 0 Å². The van der Waals surface area contributed by atoms with Crippen LogP contribution in [-0.4, -0.2) is 18.8 Å². The van der Waals surface area contributed by atoms with Gasteiger partial charge in [0.2, 0.25) is 0 Å². The number of benzene rings is 1. The molecular weight excluding hydrogens is 176 g/mol. The van der Waals surface area contributed by atoms with E-state index in [0.29, 0.717) is 12.7 Å². The van der Waals surface area contributed by atoms with Crippen LogP contribution in [0.1, 0.15) is 19.8 Å². The summed E-state index contributed by atoms with van der Waals surface area (Å²) >= 11 is 0. The molecule has 1 aromatic rings. The van der Waals surface area contributed by atoms with Gasteiger partial charge in [0.25, 0.3) is 0 Å². The van der Waals surface area contributed by atoms with Crippen LogP contribution in [0.4, 0.5) is 0 Å². The van der Waals surface area contributed by atoms with Gasteiger partial charge < -0.3 is 9.47 Å². The molecule has 2 nitrogen and oxygen atoms in total. The second-order valence-corrected chi connectivity index (χ2v) is 3.77. The van der Waals surface area contributed by atoms with Gasteiger partial charge in [0.05, 0.1) is 12.2 Å². The molecular formula is C12H16O2. The maximum absolute atomic E-state index is 5.66. The summed E-state index contributed by atoms with van der Waals surface area (Å²) < 4.78 is 11.3. The highest BCUT2D eigenvalue weighted by molar-refractivity contribution is 5.20. The van der Waals surface area contributed by atoms with E-state index < -0.39 is 0 Å². The van der Waals surface area contributed by atoms with E-state index in [9.17, 15) is 0 Å². The minimum absolute atomic E-state index is 0.283. The fourth-order valence-corrected chi connectivity index (χ4v) is 1.71. The molecule has 1 fully saturated rings. The smallest absolute Gasteiger partial charge is 0.119 e. The zero-order valence-electron chi connectivity index (χ0n) is 8.48. The van der Waals surface area contributed by atoms with E-state index >= 15 is 0 Å². The van der Waals surface area contributed by atoms with Gasteiger partial charge in [-0.25, -0.2) is 0 Å². The number of para-hydroxylation sites is 1. The Morgan fingerprint density at radius 3 is 2.71 bits per heavy atom. The van der Waals surface area contributed by atoms with E-state index in [1.54, 1.807) is 0 Å². The van der Waals surface area contributed by atoms with Crippen molar-refractivity contribution in [3.05, 3.63) is 30.3 Å². The summed E-state index contributed by atoms with van der Waals surface area (Å²) in [7, 11) is 0. The molecule has 1 aliphatic rings. The minimum Gasteiger partial charge on any atom is -0.491 e. The van der Waals surface area contributed by atoms with Crippen molar-refractivity contribution in [3.8, 4) is 5.75 Å². The van der Waals surface area contributed by atoms with Crippen molar-refractivity contribution in [1.29, 1.82) is 0 Å². The lowest BCUT2D eigenvalue weighted by atomic mass is 10.2. The molecule has 0 radical (unpaired) electrons. The van der Waals surface area contributed by atoms with Gasteiger partial charge in [-0.1, -0.05) is 18.2 Å². The predicted octanol–water partition coefficient (Wildman–Crippen LogP) is 2.63. The molecule has 2 rings (SSSR count). The van der Waals surface area contributed by atoms with Crippen molar-refractivity contribution in [2.45, 2.75) is 32.0 Å². The van der Waals surface area contributed by atoms with Gasteiger partial charge in [-0.15, -0.1) is 0 Å². The maximum atomic E-state index is 5.66. The summed E-state index contributed by atoms with van der Waals surface area (Å²) in [5.74, 6) is 0.927. The maximum Gasteiger partial charge on any atom is 0.119 e. The molecule has 0 saturated carbocycles. The number of hydrogen-bond acceptors (Lipinski definition) is 2. The Labute approximate surface area is 84.8 Å². The summed E-state index contributed by atoms with van der Waals surface area (Å²) in [4.78, 5) is 0. The molecule has 1 aromatic carbocycles. The van der Waals surface area contributed by atoms with E-state index in [4.69, 9.17) is 9.47 Å². The topological polar surface area (TPSA) is 18.5 Å². The average molecular weight is 192 g/mol. The van der Waals surface area contributed by atoms with Crippen molar-refractivity contribution < 1.29 is 9.47 Å². The van der Waals surface area contributed by atoms with Gasteiger partial charge >= 0.3 is 0 Å². The Hall–Kier alpha value is -1.02. The Morgan fingerprint density at radius 1 is 1.29 bits per heavy atom. The molecule has 0 aromatic heterocycles. The highest BCUT2D eigenvalue weighted by Crippen LogP contribution is 2.20. The van der Waals surface area contributed by atoms with E-state index in [2.05, 4.69) is 6.92 Å². The molecule has 0 amide bonds. The second kappa shape index (κ2) is 4.47. The lowest BCUT2D eigenvalue weighted by Crippen LogP contribution is -2.17. The third-order valence-electron chi connectivity index (χ3n) is 2.50. The number of ether oxygens (including phenoxy) is 2. The van der Waals surface area contributed by atoms with Gasteiger partial charge in [0.15, 0.2) is 0 Å².